The van der Waals surface area contributed by atoms with Crippen molar-refractivity contribution in [1.29, 1.82) is 0 Å². The van der Waals surface area contributed by atoms with Crippen LogP contribution in [0.1, 0.15) is 17.6 Å². The standard InChI is InChI=1S/C10H8ClF2NO3/c11-5-7(15)3-6-1-2-9(14(16)17)8(4-6)10(12)13/h1-2,4,10H,3,5H2. The Morgan fingerprint density at radius 3 is 2.59 bits per heavy atom. The fourth-order valence-electron chi connectivity index (χ4n) is 1.33. The molecular formula is C10H8ClF2NO3. The lowest BCUT2D eigenvalue weighted by molar-refractivity contribution is -0.386. The lowest BCUT2D eigenvalue weighted by Crippen LogP contribution is -2.05. The summed E-state index contributed by atoms with van der Waals surface area (Å²) >= 11 is 5.28. The normalized spacial score (nSPS) is 10.6. The summed E-state index contributed by atoms with van der Waals surface area (Å²) in [5.41, 5.74) is -1.05. The first-order valence-corrected chi connectivity index (χ1v) is 5.12. The Morgan fingerprint density at radius 1 is 1.47 bits per heavy atom. The average molecular weight is 264 g/mol. The van der Waals surface area contributed by atoms with Crippen molar-refractivity contribution in [3.05, 3.63) is 39.4 Å². The number of nitro groups is 1. The van der Waals surface area contributed by atoms with Gasteiger partial charge in [0.2, 0.25) is 0 Å². The van der Waals surface area contributed by atoms with Crippen LogP contribution in [0.3, 0.4) is 0 Å². The van der Waals surface area contributed by atoms with Gasteiger partial charge in [-0.05, 0) is 11.6 Å². The van der Waals surface area contributed by atoms with E-state index in [1.807, 2.05) is 0 Å². The molecule has 0 aliphatic carbocycles. The van der Waals surface area contributed by atoms with Crippen molar-refractivity contribution >= 4 is 23.1 Å². The molecule has 0 saturated carbocycles. The van der Waals surface area contributed by atoms with Crippen LogP contribution >= 0.6 is 11.6 Å². The predicted octanol–water partition coefficient (Wildman–Crippen LogP) is 2.88. The third-order valence-electron chi connectivity index (χ3n) is 2.07. The zero-order valence-electron chi connectivity index (χ0n) is 8.53. The van der Waals surface area contributed by atoms with E-state index in [9.17, 15) is 23.7 Å². The Labute approximate surface area is 100 Å². The first-order chi connectivity index (χ1) is 7.95. The monoisotopic (exact) mass is 263 g/mol. The first-order valence-electron chi connectivity index (χ1n) is 4.58. The van der Waals surface area contributed by atoms with E-state index in [1.54, 1.807) is 0 Å². The van der Waals surface area contributed by atoms with Gasteiger partial charge in [0.15, 0.2) is 5.78 Å². The van der Waals surface area contributed by atoms with Gasteiger partial charge in [0, 0.05) is 12.5 Å². The second kappa shape index (κ2) is 5.67. The summed E-state index contributed by atoms with van der Waals surface area (Å²) in [6, 6.07) is 3.21. The van der Waals surface area contributed by atoms with Crippen LogP contribution in [0.2, 0.25) is 0 Å². The van der Waals surface area contributed by atoms with Crippen LogP contribution in [-0.4, -0.2) is 16.6 Å². The maximum atomic E-state index is 12.6. The third kappa shape index (κ3) is 3.45. The van der Waals surface area contributed by atoms with Gasteiger partial charge in [-0.2, -0.15) is 0 Å². The van der Waals surface area contributed by atoms with Crippen molar-refractivity contribution in [2.24, 2.45) is 0 Å². The molecule has 0 fully saturated rings. The average Bonchev–Trinajstić information content (AvgIpc) is 2.28. The number of alkyl halides is 3. The van der Waals surface area contributed by atoms with E-state index in [-0.39, 0.29) is 23.6 Å². The van der Waals surface area contributed by atoms with Gasteiger partial charge >= 0.3 is 0 Å². The molecule has 0 N–H and O–H groups in total. The largest absolute Gasteiger partial charge is 0.298 e. The molecule has 4 nitrogen and oxygen atoms in total. The van der Waals surface area contributed by atoms with E-state index in [0.29, 0.717) is 0 Å². The van der Waals surface area contributed by atoms with Crippen LogP contribution in [0.25, 0.3) is 0 Å². The number of hydrogen-bond acceptors (Lipinski definition) is 3. The highest BCUT2D eigenvalue weighted by atomic mass is 35.5. The molecule has 0 amide bonds. The summed E-state index contributed by atoms with van der Waals surface area (Å²) in [5.74, 6) is -0.554. The van der Waals surface area contributed by atoms with Crippen molar-refractivity contribution in [3.63, 3.8) is 0 Å². The van der Waals surface area contributed by atoms with Gasteiger partial charge in [0.25, 0.3) is 12.1 Å². The van der Waals surface area contributed by atoms with E-state index >= 15 is 0 Å². The molecule has 1 aromatic carbocycles. The number of rotatable bonds is 5. The highest BCUT2D eigenvalue weighted by Crippen LogP contribution is 2.29. The second-order valence-corrected chi connectivity index (χ2v) is 3.57. The Kier molecular flexibility index (Phi) is 4.51. The molecule has 0 bridgehead atoms. The quantitative estimate of drug-likeness (QED) is 0.466. The summed E-state index contributed by atoms with van der Waals surface area (Å²) in [6.45, 7) is 0. The molecule has 7 heteroatoms. The molecule has 17 heavy (non-hydrogen) atoms. The minimum absolute atomic E-state index is 0.110. The summed E-state index contributed by atoms with van der Waals surface area (Å²) in [6.07, 6.45) is -3.07. The van der Waals surface area contributed by atoms with Crippen molar-refractivity contribution in [2.45, 2.75) is 12.8 Å². The van der Waals surface area contributed by atoms with Gasteiger partial charge in [-0.1, -0.05) is 6.07 Å². The Bertz CT molecular complexity index is 451. The van der Waals surface area contributed by atoms with E-state index in [2.05, 4.69) is 0 Å². The minimum Gasteiger partial charge on any atom is -0.298 e. The molecule has 0 saturated heterocycles. The lowest BCUT2D eigenvalue weighted by Gasteiger charge is -2.04. The maximum Gasteiger partial charge on any atom is 0.278 e. The van der Waals surface area contributed by atoms with Crippen molar-refractivity contribution in [3.8, 4) is 0 Å². The zero-order chi connectivity index (χ0) is 13.0. The van der Waals surface area contributed by atoms with Gasteiger partial charge in [0.05, 0.1) is 16.4 Å². The summed E-state index contributed by atoms with van der Waals surface area (Å²) in [5, 5.41) is 10.5. The minimum atomic E-state index is -2.96. The van der Waals surface area contributed by atoms with Crippen molar-refractivity contribution in [2.75, 3.05) is 5.88 Å². The molecule has 0 radical (unpaired) electrons. The van der Waals surface area contributed by atoms with E-state index in [0.717, 1.165) is 12.1 Å². The molecule has 0 atom stereocenters. The Balaban J connectivity index is 3.10. The number of nitrogens with zero attached hydrogens (tertiary/aromatic N) is 1. The van der Waals surface area contributed by atoms with Gasteiger partial charge in [0.1, 0.15) is 0 Å². The number of halogens is 3. The summed E-state index contributed by atoms with van der Waals surface area (Å²) in [7, 11) is 0. The lowest BCUT2D eigenvalue weighted by atomic mass is 10.0. The summed E-state index contributed by atoms with van der Waals surface area (Å²) < 4.78 is 25.1. The summed E-state index contributed by atoms with van der Waals surface area (Å²) in [4.78, 5) is 20.6. The number of carbonyl (C=O) groups excluding carboxylic acids is 1. The number of hydrogen-bond donors (Lipinski definition) is 0. The SMILES string of the molecule is O=C(CCl)Cc1ccc([N+](=O)[O-])c(C(F)F)c1. The van der Waals surface area contributed by atoms with Gasteiger partial charge in [-0.25, -0.2) is 8.78 Å². The molecule has 0 unspecified atom stereocenters. The smallest absolute Gasteiger partial charge is 0.278 e. The van der Waals surface area contributed by atoms with Crippen LogP contribution in [0.5, 0.6) is 0 Å². The Morgan fingerprint density at radius 2 is 2.12 bits per heavy atom. The van der Waals surface area contributed by atoms with Crippen LogP contribution in [0.4, 0.5) is 14.5 Å². The highest BCUT2D eigenvalue weighted by molar-refractivity contribution is 6.27. The number of carbonyl (C=O) groups is 1. The van der Waals surface area contributed by atoms with E-state index in [4.69, 9.17) is 11.6 Å². The van der Waals surface area contributed by atoms with Crippen LogP contribution in [0, 0.1) is 10.1 Å². The molecule has 0 spiro atoms. The molecular weight excluding hydrogens is 256 g/mol. The number of Topliss-reactive ketones (excluding diaryl/α,β-unsaturated/α-hetero) is 1. The van der Waals surface area contributed by atoms with E-state index in [1.165, 1.54) is 6.07 Å². The molecule has 0 aliphatic rings. The third-order valence-corrected chi connectivity index (χ3v) is 2.37. The van der Waals surface area contributed by atoms with Gasteiger partial charge < -0.3 is 0 Å². The molecule has 1 aromatic rings. The molecule has 0 heterocycles. The number of nitro benzene ring substituents is 1. The second-order valence-electron chi connectivity index (χ2n) is 3.30. The van der Waals surface area contributed by atoms with Crippen molar-refractivity contribution in [1.82, 2.24) is 0 Å². The van der Waals surface area contributed by atoms with Gasteiger partial charge in [-0.3, -0.25) is 14.9 Å². The van der Waals surface area contributed by atoms with Crippen LogP contribution in [-0.2, 0) is 11.2 Å². The van der Waals surface area contributed by atoms with Gasteiger partial charge in [-0.15, -0.1) is 11.6 Å². The molecule has 1 rings (SSSR count). The maximum absolute atomic E-state index is 12.6. The van der Waals surface area contributed by atoms with Crippen LogP contribution < -0.4 is 0 Å². The molecule has 0 aromatic heterocycles. The fourth-order valence-corrected chi connectivity index (χ4v) is 1.42. The Hall–Kier alpha value is -1.56. The van der Waals surface area contributed by atoms with Crippen LogP contribution in [0.15, 0.2) is 18.2 Å². The number of benzene rings is 1. The number of ketones is 1. The molecule has 0 aliphatic heterocycles. The first kappa shape index (κ1) is 13.5. The van der Waals surface area contributed by atoms with Crippen molar-refractivity contribution < 1.29 is 18.5 Å². The fraction of sp³-hybridized carbons (Fsp3) is 0.300. The highest BCUT2D eigenvalue weighted by Gasteiger charge is 2.22. The zero-order valence-corrected chi connectivity index (χ0v) is 9.29. The topological polar surface area (TPSA) is 60.2 Å². The molecule has 92 valence electrons. The predicted molar refractivity (Wildman–Crippen MR) is 57.5 cm³/mol. The van der Waals surface area contributed by atoms with E-state index < -0.39 is 22.6 Å².